The van der Waals surface area contributed by atoms with E-state index in [-0.39, 0.29) is 16.8 Å². The number of nitriles is 1. The highest BCUT2D eigenvalue weighted by Gasteiger charge is 2.17. The number of carbonyl (C=O) groups excluding carboxylic acids is 2. The summed E-state index contributed by atoms with van der Waals surface area (Å²) in [5, 5.41) is 15.8. The van der Waals surface area contributed by atoms with Gasteiger partial charge in [0.2, 0.25) is 0 Å². The van der Waals surface area contributed by atoms with Gasteiger partial charge in [0.15, 0.2) is 0 Å². The molecule has 0 bridgehead atoms. The number of rotatable bonds is 6. The quantitative estimate of drug-likeness (QED) is 0.330. The number of furan rings is 1. The minimum atomic E-state index is -0.687. The van der Waals surface area contributed by atoms with Gasteiger partial charge in [0.05, 0.1) is 22.5 Å². The van der Waals surface area contributed by atoms with Gasteiger partial charge >= 0.3 is 6.03 Å². The van der Waals surface area contributed by atoms with E-state index in [1.807, 2.05) is 36.4 Å². The largest absolute Gasteiger partial charge is 0.461 e. The molecule has 0 unspecified atom stereocenters. The molecular formula is C25H19FN4O3S. The maximum absolute atomic E-state index is 13.9. The van der Waals surface area contributed by atoms with Crippen LogP contribution in [0, 0.1) is 17.1 Å². The summed E-state index contributed by atoms with van der Waals surface area (Å²) in [6.07, 6.45) is 0.493. The number of amides is 3. The van der Waals surface area contributed by atoms with E-state index in [2.05, 4.69) is 23.4 Å². The van der Waals surface area contributed by atoms with Gasteiger partial charge in [-0.15, -0.1) is 0 Å². The van der Waals surface area contributed by atoms with Crippen molar-refractivity contribution in [3.8, 4) is 6.07 Å². The Kier molecular flexibility index (Phi) is 6.80. The number of nitrogens with one attached hydrogen (secondary N) is 2. The molecule has 170 valence electrons. The molecule has 0 saturated carbocycles. The topological polar surface area (TPSA) is 98.4 Å². The summed E-state index contributed by atoms with van der Waals surface area (Å²) in [5.41, 5.74) is 1.24. The Morgan fingerprint density at radius 3 is 2.59 bits per heavy atom. The molecule has 2 N–H and O–H groups in total. The van der Waals surface area contributed by atoms with E-state index < -0.39 is 17.8 Å². The molecule has 0 aliphatic carbocycles. The highest BCUT2D eigenvalue weighted by atomic mass is 32.1. The Morgan fingerprint density at radius 1 is 1.06 bits per heavy atom. The zero-order valence-corrected chi connectivity index (χ0v) is 18.7. The van der Waals surface area contributed by atoms with Gasteiger partial charge in [-0.2, -0.15) is 5.26 Å². The van der Waals surface area contributed by atoms with Crippen LogP contribution in [0.15, 0.2) is 77.2 Å². The van der Waals surface area contributed by atoms with Crippen molar-refractivity contribution in [2.45, 2.75) is 6.42 Å². The third-order valence-electron chi connectivity index (χ3n) is 5.05. The lowest BCUT2D eigenvalue weighted by molar-refractivity contribution is 0.102. The van der Waals surface area contributed by atoms with Crippen molar-refractivity contribution in [1.29, 1.82) is 5.26 Å². The average Bonchev–Trinajstić information content (AvgIpc) is 3.26. The average molecular weight is 475 g/mol. The van der Waals surface area contributed by atoms with E-state index in [4.69, 9.17) is 4.42 Å². The molecule has 0 aliphatic rings. The number of urea groups is 1. The van der Waals surface area contributed by atoms with Crippen LogP contribution < -0.4 is 14.9 Å². The van der Waals surface area contributed by atoms with Crippen LogP contribution in [-0.2, 0) is 6.42 Å². The number of para-hydroxylation sites is 1. The van der Waals surface area contributed by atoms with Crippen molar-refractivity contribution >= 4 is 47.1 Å². The van der Waals surface area contributed by atoms with Crippen LogP contribution in [0.2, 0.25) is 0 Å². The molecule has 0 saturated heterocycles. The summed E-state index contributed by atoms with van der Waals surface area (Å²) < 4.78 is 20.6. The first-order valence-corrected chi connectivity index (χ1v) is 10.7. The first-order chi connectivity index (χ1) is 16.5. The van der Waals surface area contributed by atoms with E-state index in [9.17, 15) is 19.2 Å². The predicted octanol–water partition coefficient (Wildman–Crippen LogP) is 5.30. The minimum Gasteiger partial charge on any atom is -0.461 e. The standard InChI is InChI=1S/C25H19FN4O3S/c26-21-7-3-2-6-20(21)24(31)29-22-10-9-18(13-17(22)15-27)30(34)25(32)28-12-11-19-14-16-5-1-4-8-23(16)33-19/h1-10,13-14,34H,11-12H2,(H,28,32)(H,29,31). The molecule has 1 heterocycles. The Morgan fingerprint density at radius 2 is 1.82 bits per heavy atom. The SMILES string of the molecule is N#Cc1cc(N(S)C(=O)NCCc2cc3ccccc3o2)ccc1NC(=O)c1ccccc1F. The molecule has 0 spiro atoms. The molecule has 0 atom stereocenters. The maximum Gasteiger partial charge on any atom is 0.331 e. The van der Waals surface area contributed by atoms with Crippen LogP contribution in [-0.4, -0.2) is 18.5 Å². The van der Waals surface area contributed by atoms with Crippen molar-refractivity contribution in [2.24, 2.45) is 0 Å². The molecule has 4 rings (SSSR count). The fourth-order valence-corrected chi connectivity index (χ4v) is 3.54. The molecule has 1 aromatic heterocycles. The van der Waals surface area contributed by atoms with Crippen molar-refractivity contribution < 1.29 is 18.4 Å². The molecule has 3 amide bonds. The number of hydrogen-bond donors (Lipinski definition) is 3. The molecule has 0 fully saturated rings. The second-order valence-electron chi connectivity index (χ2n) is 7.32. The van der Waals surface area contributed by atoms with Gasteiger partial charge in [-0.05, 0) is 42.5 Å². The van der Waals surface area contributed by atoms with E-state index in [0.717, 1.165) is 21.0 Å². The van der Waals surface area contributed by atoms with Crippen LogP contribution in [0.5, 0.6) is 0 Å². The zero-order valence-electron chi connectivity index (χ0n) is 17.8. The van der Waals surface area contributed by atoms with Gasteiger partial charge in [0.25, 0.3) is 5.91 Å². The number of carbonyl (C=O) groups is 2. The Balaban J connectivity index is 1.38. The van der Waals surface area contributed by atoms with E-state index in [1.54, 1.807) is 0 Å². The van der Waals surface area contributed by atoms with Gasteiger partial charge in [0.1, 0.15) is 23.2 Å². The molecule has 4 aromatic rings. The second-order valence-corrected chi connectivity index (χ2v) is 7.72. The summed E-state index contributed by atoms with van der Waals surface area (Å²) in [5.74, 6) is -0.613. The monoisotopic (exact) mass is 474 g/mol. The van der Waals surface area contributed by atoms with Crippen molar-refractivity contribution in [3.63, 3.8) is 0 Å². The number of fused-ring (bicyclic) bond motifs is 1. The van der Waals surface area contributed by atoms with E-state index in [1.165, 1.54) is 42.5 Å². The zero-order chi connectivity index (χ0) is 24.1. The number of nitrogens with zero attached hydrogens (tertiary/aromatic N) is 2. The third-order valence-corrected chi connectivity index (χ3v) is 5.46. The Bertz CT molecular complexity index is 1380. The Labute approximate surface area is 200 Å². The third kappa shape index (κ3) is 5.03. The fraction of sp³-hybridized carbons (Fsp3) is 0.0800. The predicted molar refractivity (Wildman–Crippen MR) is 130 cm³/mol. The van der Waals surface area contributed by atoms with E-state index >= 15 is 0 Å². The lowest BCUT2D eigenvalue weighted by Crippen LogP contribution is -2.35. The van der Waals surface area contributed by atoms with Crippen LogP contribution >= 0.6 is 12.8 Å². The molecular weight excluding hydrogens is 455 g/mol. The van der Waals surface area contributed by atoms with Gasteiger partial charge in [0, 0.05) is 18.4 Å². The molecule has 9 heteroatoms. The van der Waals surface area contributed by atoms with Gasteiger partial charge < -0.3 is 15.1 Å². The van der Waals surface area contributed by atoms with Gasteiger partial charge in [-0.25, -0.2) is 13.5 Å². The normalized spacial score (nSPS) is 10.5. The highest BCUT2D eigenvalue weighted by Crippen LogP contribution is 2.25. The molecule has 34 heavy (non-hydrogen) atoms. The number of anilines is 2. The number of hydrogen-bond acceptors (Lipinski definition) is 5. The summed E-state index contributed by atoms with van der Waals surface area (Å²) in [4.78, 5) is 24.9. The molecule has 7 nitrogen and oxygen atoms in total. The van der Waals surface area contributed by atoms with Crippen LogP contribution in [0.25, 0.3) is 11.0 Å². The highest BCUT2D eigenvalue weighted by molar-refractivity contribution is 7.82. The number of halogens is 1. The molecule has 3 aromatic carbocycles. The van der Waals surface area contributed by atoms with Crippen molar-refractivity contribution in [1.82, 2.24) is 5.32 Å². The fourth-order valence-electron chi connectivity index (χ4n) is 3.35. The molecule has 0 radical (unpaired) electrons. The maximum atomic E-state index is 13.9. The summed E-state index contributed by atoms with van der Waals surface area (Å²) in [7, 11) is 0. The number of benzene rings is 3. The summed E-state index contributed by atoms with van der Waals surface area (Å²) in [6, 6.07) is 21.0. The second kappa shape index (κ2) is 10.1. The smallest absolute Gasteiger partial charge is 0.331 e. The van der Waals surface area contributed by atoms with Gasteiger partial charge in [-0.1, -0.05) is 43.1 Å². The Hall–Kier alpha value is -4.29. The first-order valence-electron chi connectivity index (χ1n) is 10.3. The molecule has 0 aliphatic heterocycles. The lowest BCUT2D eigenvalue weighted by Gasteiger charge is -2.17. The van der Waals surface area contributed by atoms with E-state index in [0.29, 0.717) is 18.7 Å². The van der Waals surface area contributed by atoms with Crippen molar-refractivity contribution in [3.05, 3.63) is 95.5 Å². The van der Waals surface area contributed by atoms with Gasteiger partial charge in [-0.3, -0.25) is 4.79 Å². The lowest BCUT2D eigenvalue weighted by atomic mass is 10.1. The minimum absolute atomic E-state index is 0.0938. The van der Waals surface area contributed by atoms with Crippen molar-refractivity contribution in [2.75, 3.05) is 16.2 Å². The summed E-state index contributed by atoms with van der Waals surface area (Å²) >= 11 is 4.23. The van der Waals surface area contributed by atoms with Crippen LogP contribution in [0.4, 0.5) is 20.6 Å². The van der Waals surface area contributed by atoms with Crippen LogP contribution in [0.3, 0.4) is 0 Å². The first kappa shape index (κ1) is 22.9. The van der Waals surface area contributed by atoms with Crippen LogP contribution in [0.1, 0.15) is 21.7 Å². The number of thiol groups is 1. The summed E-state index contributed by atoms with van der Waals surface area (Å²) in [6.45, 7) is 0.317.